The highest BCUT2D eigenvalue weighted by Gasteiger charge is 2.21. The lowest BCUT2D eigenvalue weighted by Gasteiger charge is -2.12. The van der Waals surface area contributed by atoms with Gasteiger partial charge in [-0.25, -0.2) is 9.48 Å². The first-order valence-electron chi connectivity index (χ1n) is 8.14. The van der Waals surface area contributed by atoms with Gasteiger partial charge in [0.15, 0.2) is 6.10 Å². The highest BCUT2D eigenvalue weighted by molar-refractivity contribution is 6.01. The van der Waals surface area contributed by atoms with E-state index < -0.39 is 12.1 Å². The molecule has 0 aliphatic carbocycles. The first kappa shape index (κ1) is 16.8. The van der Waals surface area contributed by atoms with Gasteiger partial charge in [-0.1, -0.05) is 35.0 Å². The fraction of sp³-hybridized carbons (Fsp3) is 0.263. The van der Waals surface area contributed by atoms with E-state index in [0.29, 0.717) is 23.2 Å². The summed E-state index contributed by atoms with van der Waals surface area (Å²) in [6.45, 7) is 6.19. The Morgan fingerprint density at radius 1 is 1.12 bits per heavy atom. The van der Waals surface area contributed by atoms with Gasteiger partial charge in [0.1, 0.15) is 5.52 Å². The van der Waals surface area contributed by atoms with Crippen LogP contribution in [0.3, 0.4) is 0 Å². The molecule has 3 rings (SSSR count). The summed E-state index contributed by atoms with van der Waals surface area (Å²) in [6, 6.07) is 12.2. The number of rotatable bonds is 5. The minimum Gasteiger partial charge on any atom is -0.451 e. The molecule has 0 saturated carbocycles. The fourth-order valence-electron chi connectivity index (χ4n) is 2.57. The molecule has 1 aromatic heterocycles. The molecular weight excluding hydrogens is 318 g/mol. The first-order chi connectivity index (χ1) is 12.0. The van der Waals surface area contributed by atoms with Crippen molar-refractivity contribution >= 4 is 22.8 Å². The van der Waals surface area contributed by atoms with E-state index in [4.69, 9.17) is 4.74 Å². The fourth-order valence-corrected chi connectivity index (χ4v) is 2.57. The molecule has 0 aliphatic heterocycles. The van der Waals surface area contributed by atoms with Crippen molar-refractivity contribution in [3.8, 4) is 0 Å². The largest absolute Gasteiger partial charge is 0.451 e. The van der Waals surface area contributed by atoms with Gasteiger partial charge in [-0.05, 0) is 39.0 Å². The van der Waals surface area contributed by atoms with Gasteiger partial charge in [-0.15, -0.1) is 5.10 Å². The van der Waals surface area contributed by atoms with Gasteiger partial charge in [-0.2, -0.15) is 0 Å². The van der Waals surface area contributed by atoms with E-state index in [1.807, 2.05) is 26.0 Å². The molecule has 0 radical (unpaired) electrons. The number of Topliss-reactive ketones (excluding diaryl/α,β-unsaturated/α-hetero) is 1. The van der Waals surface area contributed by atoms with Crippen molar-refractivity contribution in [3.63, 3.8) is 0 Å². The summed E-state index contributed by atoms with van der Waals surface area (Å²) in [5.74, 6) is -0.785. The Morgan fingerprint density at radius 2 is 1.80 bits per heavy atom. The summed E-state index contributed by atoms with van der Waals surface area (Å²) < 4.78 is 7.07. The monoisotopic (exact) mass is 337 g/mol. The smallest absolute Gasteiger partial charge is 0.338 e. The molecule has 1 atom stereocenters. The Labute approximate surface area is 145 Å². The van der Waals surface area contributed by atoms with Crippen LogP contribution in [0, 0.1) is 6.92 Å². The summed E-state index contributed by atoms with van der Waals surface area (Å²) in [6.07, 6.45) is -0.864. The number of ketones is 1. The van der Waals surface area contributed by atoms with Gasteiger partial charge in [0.2, 0.25) is 5.78 Å². The predicted molar refractivity (Wildman–Crippen MR) is 93.6 cm³/mol. The molecule has 1 heterocycles. The number of ether oxygens (including phenoxy) is 1. The van der Waals surface area contributed by atoms with Gasteiger partial charge in [0.25, 0.3) is 0 Å². The predicted octanol–water partition coefficient (Wildman–Crippen LogP) is 3.19. The number of carbonyl (C=O) groups is 2. The van der Waals surface area contributed by atoms with Crippen LogP contribution < -0.4 is 0 Å². The zero-order chi connectivity index (χ0) is 18.0. The first-order valence-corrected chi connectivity index (χ1v) is 8.14. The summed E-state index contributed by atoms with van der Waals surface area (Å²) in [7, 11) is 0. The van der Waals surface area contributed by atoms with Crippen LogP contribution in [0.15, 0.2) is 42.5 Å². The average molecular weight is 337 g/mol. The lowest BCUT2D eigenvalue weighted by Crippen LogP contribution is -2.24. The zero-order valence-corrected chi connectivity index (χ0v) is 14.4. The van der Waals surface area contributed by atoms with Crippen molar-refractivity contribution in [1.29, 1.82) is 0 Å². The zero-order valence-electron chi connectivity index (χ0n) is 14.4. The lowest BCUT2D eigenvalue weighted by atomic mass is 10.1. The number of hydrogen-bond donors (Lipinski definition) is 0. The topological polar surface area (TPSA) is 74.1 Å². The highest BCUT2D eigenvalue weighted by atomic mass is 16.5. The van der Waals surface area contributed by atoms with Gasteiger partial charge in [-0.3, -0.25) is 4.79 Å². The van der Waals surface area contributed by atoms with E-state index in [1.54, 1.807) is 41.9 Å². The van der Waals surface area contributed by atoms with E-state index >= 15 is 0 Å². The lowest BCUT2D eigenvalue weighted by molar-refractivity contribution is 0.0319. The molecule has 0 unspecified atom stereocenters. The van der Waals surface area contributed by atoms with Crippen molar-refractivity contribution in [2.24, 2.45) is 0 Å². The summed E-state index contributed by atoms with van der Waals surface area (Å²) >= 11 is 0. The number of carbonyl (C=O) groups excluding carboxylic acids is 2. The highest BCUT2D eigenvalue weighted by Crippen LogP contribution is 2.16. The Hall–Kier alpha value is -3.02. The van der Waals surface area contributed by atoms with Crippen molar-refractivity contribution < 1.29 is 14.3 Å². The molecule has 25 heavy (non-hydrogen) atoms. The molecule has 0 aliphatic rings. The molecule has 6 heteroatoms. The molecule has 0 amide bonds. The van der Waals surface area contributed by atoms with Gasteiger partial charge in [0, 0.05) is 12.1 Å². The minimum atomic E-state index is -0.864. The standard InChI is InChI=1S/C19H19N3O3/c1-4-22-17-10-9-15(11-16(17)20-21-22)19(24)25-13(3)18(23)14-7-5-12(2)6-8-14/h5-11,13H,4H2,1-3H3/t13-/m0/s1. The molecule has 0 saturated heterocycles. The molecule has 0 bridgehead atoms. The summed E-state index contributed by atoms with van der Waals surface area (Å²) in [5.41, 5.74) is 3.40. The molecular formula is C19H19N3O3. The maximum Gasteiger partial charge on any atom is 0.338 e. The number of esters is 1. The van der Waals surface area contributed by atoms with Crippen LogP contribution in [0.25, 0.3) is 11.0 Å². The SMILES string of the molecule is CCn1nnc2cc(C(=O)O[C@@H](C)C(=O)c3ccc(C)cc3)ccc21. The second-order valence-corrected chi connectivity index (χ2v) is 5.89. The molecule has 128 valence electrons. The minimum absolute atomic E-state index is 0.230. The van der Waals surface area contributed by atoms with Crippen LogP contribution in [-0.4, -0.2) is 32.9 Å². The molecule has 0 spiro atoms. The molecule has 0 N–H and O–H groups in total. The molecule has 3 aromatic rings. The van der Waals surface area contributed by atoms with Crippen molar-refractivity contribution in [2.75, 3.05) is 0 Å². The number of aromatic nitrogens is 3. The Kier molecular flexibility index (Phi) is 4.61. The summed E-state index contributed by atoms with van der Waals surface area (Å²) in [5, 5.41) is 8.05. The number of aryl methyl sites for hydroxylation is 2. The third-order valence-electron chi connectivity index (χ3n) is 4.04. The normalized spacial score (nSPS) is 12.1. The van der Waals surface area contributed by atoms with E-state index in [2.05, 4.69) is 10.3 Å². The Morgan fingerprint density at radius 3 is 2.48 bits per heavy atom. The number of nitrogens with zero attached hydrogens (tertiary/aromatic N) is 3. The molecule has 0 fully saturated rings. The maximum absolute atomic E-state index is 12.4. The van der Waals surface area contributed by atoms with Crippen LogP contribution in [0.1, 0.15) is 40.1 Å². The third kappa shape index (κ3) is 3.42. The third-order valence-corrected chi connectivity index (χ3v) is 4.04. The molecule has 6 nitrogen and oxygen atoms in total. The van der Waals surface area contributed by atoms with E-state index in [9.17, 15) is 9.59 Å². The molecule has 2 aromatic carbocycles. The van der Waals surface area contributed by atoms with Crippen LogP contribution in [0.5, 0.6) is 0 Å². The van der Waals surface area contributed by atoms with Crippen molar-refractivity contribution in [3.05, 3.63) is 59.2 Å². The van der Waals surface area contributed by atoms with E-state index in [-0.39, 0.29) is 5.78 Å². The van der Waals surface area contributed by atoms with E-state index in [0.717, 1.165) is 11.1 Å². The van der Waals surface area contributed by atoms with Gasteiger partial charge < -0.3 is 4.74 Å². The number of benzene rings is 2. The quantitative estimate of drug-likeness (QED) is 0.528. The van der Waals surface area contributed by atoms with Crippen molar-refractivity contribution in [1.82, 2.24) is 15.0 Å². The number of hydrogen-bond acceptors (Lipinski definition) is 5. The van der Waals surface area contributed by atoms with Gasteiger partial charge >= 0.3 is 5.97 Å². The van der Waals surface area contributed by atoms with Crippen LogP contribution in [0.4, 0.5) is 0 Å². The second-order valence-electron chi connectivity index (χ2n) is 5.89. The second kappa shape index (κ2) is 6.84. The Bertz CT molecular complexity index is 929. The summed E-state index contributed by atoms with van der Waals surface area (Å²) in [4.78, 5) is 24.7. The van der Waals surface area contributed by atoms with E-state index in [1.165, 1.54) is 0 Å². The number of fused-ring (bicyclic) bond motifs is 1. The van der Waals surface area contributed by atoms with Crippen LogP contribution >= 0.6 is 0 Å². The van der Waals surface area contributed by atoms with Crippen molar-refractivity contribution in [2.45, 2.75) is 33.4 Å². The van der Waals surface area contributed by atoms with Crippen LogP contribution in [0.2, 0.25) is 0 Å². The van der Waals surface area contributed by atoms with Crippen LogP contribution in [-0.2, 0) is 11.3 Å². The average Bonchev–Trinajstić information content (AvgIpc) is 3.03. The van der Waals surface area contributed by atoms with Gasteiger partial charge in [0.05, 0.1) is 11.1 Å². The maximum atomic E-state index is 12.4. The Balaban J connectivity index is 1.74.